The second kappa shape index (κ2) is 6.82. The fourth-order valence-corrected chi connectivity index (χ4v) is 5.69. The molecule has 4 aromatic rings. The molecule has 0 aliphatic rings. The summed E-state index contributed by atoms with van der Waals surface area (Å²) in [6.07, 6.45) is 0. The minimum Gasteiger partial charge on any atom is -0.454 e. The van der Waals surface area contributed by atoms with Gasteiger partial charge in [0.1, 0.15) is 5.58 Å². The van der Waals surface area contributed by atoms with Crippen LogP contribution in [0, 0.1) is 0 Å². The smallest absolute Gasteiger partial charge is 0.159 e. The average molecular weight is 388 g/mol. The van der Waals surface area contributed by atoms with Gasteiger partial charge in [-0.1, -0.05) is 82.0 Å². The van der Waals surface area contributed by atoms with Crippen LogP contribution in [0.15, 0.2) is 65.1 Å². The van der Waals surface area contributed by atoms with Crippen LogP contribution >= 0.6 is 0 Å². The van der Waals surface area contributed by atoms with Gasteiger partial charge in [0.25, 0.3) is 0 Å². The molecule has 28 heavy (non-hydrogen) atoms. The highest BCUT2D eigenvalue weighted by Crippen LogP contribution is 2.39. The van der Waals surface area contributed by atoms with E-state index in [-0.39, 0.29) is 0 Å². The normalized spacial score (nSPS) is 12.2. The molecule has 0 fully saturated rings. The summed E-state index contributed by atoms with van der Waals surface area (Å²) in [5.41, 5.74) is 5.66. The molecule has 0 N–H and O–H groups in total. The monoisotopic (exact) mass is 387 g/mol. The molecule has 0 saturated carbocycles. The van der Waals surface area contributed by atoms with Crippen LogP contribution in [0.5, 0.6) is 0 Å². The number of anilines is 2. The zero-order chi connectivity index (χ0) is 20.1. The number of hydrogen-bond donors (Lipinski definition) is 0. The van der Waals surface area contributed by atoms with E-state index in [1.165, 1.54) is 27.2 Å². The third-order valence-corrected chi connectivity index (χ3v) is 7.63. The summed E-state index contributed by atoms with van der Waals surface area (Å²) in [5, 5.41) is 3.86. The van der Waals surface area contributed by atoms with Crippen molar-refractivity contribution in [2.75, 3.05) is 11.9 Å². The highest BCUT2D eigenvalue weighted by Gasteiger charge is 2.23. The lowest BCUT2D eigenvalue weighted by Crippen LogP contribution is -2.40. The van der Waals surface area contributed by atoms with Crippen molar-refractivity contribution in [3.05, 3.63) is 66.2 Å². The minimum atomic E-state index is -1.47. The first kappa shape index (κ1) is 18.8. The number of nitrogens with zero attached hydrogens (tertiary/aromatic N) is 1. The Kier molecular flexibility index (Phi) is 4.58. The van der Waals surface area contributed by atoms with Gasteiger partial charge in [0.15, 0.2) is 5.58 Å². The van der Waals surface area contributed by atoms with E-state index < -0.39 is 8.07 Å². The minimum absolute atomic E-state index is 0.429. The first-order chi connectivity index (χ1) is 13.3. The van der Waals surface area contributed by atoms with Crippen molar-refractivity contribution in [3.63, 3.8) is 0 Å². The van der Waals surface area contributed by atoms with Crippen molar-refractivity contribution in [1.82, 2.24) is 0 Å². The predicted molar refractivity (Wildman–Crippen MR) is 125 cm³/mol. The van der Waals surface area contributed by atoms with Crippen LogP contribution in [0.4, 0.5) is 11.4 Å². The topological polar surface area (TPSA) is 16.4 Å². The van der Waals surface area contributed by atoms with Gasteiger partial charge in [0, 0.05) is 23.5 Å². The van der Waals surface area contributed by atoms with E-state index in [1.54, 1.807) is 0 Å². The molecular weight excluding hydrogens is 358 g/mol. The average Bonchev–Trinajstić information content (AvgIpc) is 3.05. The molecule has 0 saturated heterocycles. The third kappa shape index (κ3) is 3.04. The standard InChI is InChI=1S/C25H29NOSi/c1-17(2)18-11-9-12-19-20-13-10-15-22(25(20)27-24(18)19)26(3)21-14-7-8-16-23(21)28(4,5)6/h7-17H,1-6H3. The first-order valence-electron chi connectivity index (χ1n) is 10.1. The SMILES string of the molecule is CC(C)c1cccc2c1oc1c(N(C)c3ccccc3[Si](C)(C)C)cccc12. The lowest BCUT2D eigenvalue weighted by atomic mass is 10.0. The molecule has 1 heterocycles. The third-order valence-electron chi connectivity index (χ3n) is 5.59. The molecule has 0 atom stereocenters. The van der Waals surface area contributed by atoms with Crippen molar-refractivity contribution < 1.29 is 4.42 Å². The fraction of sp³-hybridized carbons (Fsp3) is 0.280. The van der Waals surface area contributed by atoms with Gasteiger partial charge in [-0.05, 0) is 28.8 Å². The van der Waals surface area contributed by atoms with E-state index in [0.29, 0.717) is 5.92 Å². The van der Waals surface area contributed by atoms with Gasteiger partial charge < -0.3 is 9.32 Å². The van der Waals surface area contributed by atoms with Crippen molar-refractivity contribution in [3.8, 4) is 0 Å². The number of furan rings is 1. The molecule has 0 amide bonds. The van der Waals surface area contributed by atoms with Crippen molar-refractivity contribution in [2.45, 2.75) is 39.4 Å². The van der Waals surface area contributed by atoms with Gasteiger partial charge in [-0.2, -0.15) is 0 Å². The molecule has 2 nitrogen and oxygen atoms in total. The van der Waals surface area contributed by atoms with Crippen LogP contribution in [0.3, 0.4) is 0 Å². The lowest BCUT2D eigenvalue weighted by molar-refractivity contribution is 0.657. The van der Waals surface area contributed by atoms with Gasteiger partial charge in [0.2, 0.25) is 0 Å². The van der Waals surface area contributed by atoms with Crippen LogP contribution in [-0.2, 0) is 0 Å². The molecular formula is C25H29NOSi. The molecule has 3 heteroatoms. The van der Waals surface area contributed by atoms with Gasteiger partial charge in [-0.15, -0.1) is 0 Å². The van der Waals surface area contributed by atoms with Gasteiger partial charge in [-0.25, -0.2) is 0 Å². The van der Waals surface area contributed by atoms with Crippen molar-refractivity contribution >= 4 is 46.6 Å². The molecule has 0 aliphatic carbocycles. The van der Waals surface area contributed by atoms with Gasteiger partial charge in [0.05, 0.1) is 13.8 Å². The second-order valence-corrected chi connectivity index (χ2v) is 14.0. The number of hydrogen-bond acceptors (Lipinski definition) is 2. The maximum absolute atomic E-state index is 6.51. The number of fused-ring (bicyclic) bond motifs is 3. The van der Waals surface area contributed by atoms with Gasteiger partial charge in [-0.3, -0.25) is 0 Å². The van der Waals surface area contributed by atoms with Crippen molar-refractivity contribution in [2.24, 2.45) is 0 Å². The molecule has 0 bridgehead atoms. The molecule has 0 unspecified atom stereocenters. The summed E-state index contributed by atoms with van der Waals surface area (Å²) in [7, 11) is 0.688. The summed E-state index contributed by atoms with van der Waals surface area (Å²) >= 11 is 0. The molecule has 0 aliphatic heterocycles. The summed E-state index contributed by atoms with van der Waals surface area (Å²) in [4.78, 5) is 2.30. The van der Waals surface area contributed by atoms with E-state index in [4.69, 9.17) is 4.42 Å². The lowest BCUT2D eigenvalue weighted by Gasteiger charge is -2.28. The van der Waals surface area contributed by atoms with E-state index in [0.717, 1.165) is 16.9 Å². The summed E-state index contributed by atoms with van der Waals surface area (Å²) < 4.78 is 6.51. The maximum atomic E-state index is 6.51. The van der Waals surface area contributed by atoms with Crippen molar-refractivity contribution in [1.29, 1.82) is 0 Å². The van der Waals surface area contributed by atoms with Crippen LogP contribution in [0.1, 0.15) is 25.3 Å². The summed E-state index contributed by atoms with van der Waals surface area (Å²) in [6, 6.07) is 21.8. The Morgan fingerprint density at radius 1 is 0.750 bits per heavy atom. The van der Waals surface area contributed by atoms with Crippen LogP contribution in [0.25, 0.3) is 21.9 Å². The zero-order valence-corrected chi connectivity index (χ0v) is 18.7. The second-order valence-electron chi connectivity index (χ2n) is 8.96. The van der Waals surface area contributed by atoms with Crippen LogP contribution in [-0.4, -0.2) is 15.1 Å². The quantitative estimate of drug-likeness (QED) is 0.350. The Labute approximate surface area is 168 Å². The summed E-state index contributed by atoms with van der Waals surface area (Å²) in [6.45, 7) is 11.6. The van der Waals surface area contributed by atoms with E-state index >= 15 is 0 Å². The largest absolute Gasteiger partial charge is 0.454 e. The fourth-order valence-electron chi connectivity index (χ4n) is 4.08. The molecule has 1 aromatic heterocycles. The molecule has 144 valence electrons. The van der Waals surface area contributed by atoms with E-state index in [1.807, 2.05) is 0 Å². The Hall–Kier alpha value is -2.52. The molecule has 4 rings (SSSR count). The van der Waals surface area contributed by atoms with E-state index in [2.05, 4.69) is 106 Å². The number of benzene rings is 3. The van der Waals surface area contributed by atoms with Crippen LogP contribution in [0.2, 0.25) is 19.6 Å². The Bertz CT molecular complexity index is 1150. The number of para-hydroxylation sites is 3. The zero-order valence-electron chi connectivity index (χ0n) is 17.7. The van der Waals surface area contributed by atoms with Crippen LogP contribution < -0.4 is 10.1 Å². The highest BCUT2D eigenvalue weighted by molar-refractivity contribution is 6.89. The summed E-state index contributed by atoms with van der Waals surface area (Å²) in [5.74, 6) is 0.429. The van der Waals surface area contributed by atoms with E-state index in [9.17, 15) is 0 Å². The molecule has 0 spiro atoms. The Morgan fingerprint density at radius 3 is 2.04 bits per heavy atom. The molecule has 3 aromatic carbocycles. The predicted octanol–water partition coefficient (Wildman–Crippen LogP) is 7.02. The Morgan fingerprint density at radius 2 is 1.36 bits per heavy atom. The number of rotatable bonds is 4. The highest BCUT2D eigenvalue weighted by atomic mass is 28.3. The molecule has 0 radical (unpaired) electrons. The maximum Gasteiger partial charge on any atom is 0.159 e. The first-order valence-corrected chi connectivity index (χ1v) is 13.6. The van der Waals surface area contributed by atoms with Gasteiger partial charge >= 0.3 is 0 Å². The Balaban J connectivity index is 1.96.